The lowest BCUT2D eigenvalue weighted by atomic mass is 10.2. The molecule has 1 rings (SSSR count). The minimum Gasteiger partial charge on any atom is -0.480 e. The Kier molecular flexibility index (Phi) is 6.77. The minimum absolute atomic E-state index is 0. The first kappa shape index (κ1) is 14.3. The van der Waals surface area contributed by atoms with Crippen molar-refractivity contribution in [3.63, 3.8) is 0 Å². The fraction of sp³-hybridized carbons (Fsp3) is 0.182. The van der Waals surface area contributed by atoms with Gasteiger partial charge in [-0.1, -0.05) is 24.0 Å². The van der Waals surface area contributed by atoms with Crippen LogP contribution in [0.5, 0.6) is 5.75 Å². The summed E-state index contributed by atoms with van der Waals surface area (Å²) < 4.78 is 5.27. The van der Waals surface area contributed by atoms with Gasteiger partial charge in [0.05, 0.1) is 12.1 Å². The molecule has 5 heteroatoms. The predicted octanol–water partition coefficient (Wildman–Crippen LogP) is 0.548. The second-order valence-electron chi connectivity index (χ2n) is 2.71. The molecule has 0 aromatic heterocycles. The SMILES string of the molecule is Cl.NCC#CCOc1ccccc1C(N)=O. The van der Waals surface area contributed by atoms with Crippen molar-refractivity contribution in [3.8, 4) is 17.6 Å². The second kappa shape index (κ2) is 7.57. The number of hydrogen-bond acceptors (Lipinski definition) is 3. The van der Waals surface area contributed by atoms with Crippen LogP contribution in [0.4, 0.5) is 0 Å². The molecule has 0 radical (unpaired) electrons. The number of rotatable bonds is 3. The lowest BCUT2D eigenvalue weighted by Gasteiger charge is -2.05. The Morgan fingerprint density at radius 3 is 2.62 bits per heavy atom. The molecule has 4 N–H and O–H groups in total. The number of amides is 1. The number of ether oxygens (including phenoxy) is 1. The molecule has 4 nitrogen and oxygen atoms in total. The van der Waals surface area contributed by atoms with Gasteiger partial charge in [-0.3, -0.25) is 4.79 Å². The van der Waals surface area contributed by atoms with Crippen LogP contribution in [0.15, 0.2) is 24.3 Å². The summed E-state index contributed by atoms with van der Waals surface area (Å²) in [6, 6.07) is 6.76. The maximum atomic E-state index is 11.0. The molecule has 0 aliphatic rings. The summed E-state index contributed by atoms with van der Waals surface area (Å²) in [4.78, 5) is 11.0. The van der Waals surface area contributed by atoms with E-state index in [1.165, 1.54) is 0 Å². The first-order valence-corrected chi connectivity index (χ1v) is 4.43. The van der Waals surface area contributed by atoms with E-state index in [2.05, 4.69) is 11.8 Å². The zero-order valence-electron chi connectivity index (χ0n) is 8.60. The fourth-order valence-electron chi connectivity index (χ4n) is 1.03. The minimum atomic E-state index is -0.516. The van der Waals surface area contributed by atoms with Gasteiger partial charge in [-0.2, -0.15) is 0 Å². The van der Waals surface area contributed by atoms with Gasteiger partial charge in [0.25, 0.3) is 5.91 Å². The van der Waals surface area contributed by atoms with Gasteiger partial charge in [0.2, 0.25) is 0 Å². The molecule has 0 saturated heterocycles. The van der Waals surface area contributed by atoms with Crippen molar-refractivity contribution < 1.29 is 9.53 Å². The van der Waals surface area contributed by atoms with Crippen molar-refractivity contribution in [2.45, 2.75) is 0 Å². The highest BCUT2D eigenvalue weighted by atomic mass is 35.5. The smallest absolute Gasteiger partial charge is 0.252 e. The lowest BCUT2D eigenvalue weighted by molar-refractivity contribution is 0.0997. The first-order valence-electron chi connectivity index (χ1n) is 4.43. The summed E-state index contributed by atoms with van der Waals surface area (Å²) in [5.41, 5.74) is 10.7. The molecule has 86 valence electrons. The molecule has 16 heavy (non-hydrogen) atoms. The third-order valence-corrected chi connectivity index (χ3v) is 1.68. The number of benzene rings is 1. The number of carbonyl (C=O) groups excluding carboxylic acids is 1. The van der Waals surface area contributed by atoms with Crippen LogP contribution in [0.2, 0.25) is 0 Å². The summed E-state index contributed by atoms with van der Waals surface area (Å²) in [5, 5.41) is 0. The normalized spacial score (nSPS) is 8.31. The molecule has 0 bridgehead atoms. The molecule has 0 unspecified atom stereocenters. The molecule has 0 aliphatic carbocycles. The van der Waals surface area contributed by atoms with Gasteiger partial charge in [0.15, 0.2) is 0 Å². The first-order chi connectivity index (χ1) is 7.25. The molecule has 0 spiro atoms. The Morgan fingerprint density at radius 2 is 2.00 bits per heavy atom. The molecule has 0 aliphatic heterocycles. The van der Waals surface area contributed by atoms with E-state index >= 15 is 0 Å². The molecule has 0 atom stereocenters. The molecule has 0 heterocycles. The van der Waals surface area contributed by atoms with E-state index < -0.39 is 5.91 Å². The quantitative estimate of drug-likeness (QED) is 0.758. The lowest BCUT2D eigenvalue weighted by Crippen LogP contribution is -2.13. The summed E-state index contributed by atoms with van der Waals surface area (Å²) in [7, 11) is 0. The van der Waals surface area contributed by atoms with Crippen LogP contribution in [0.1, 0.15) is 10.4 Å². The van der Waals surface area contributed by atoms with Crippen LogP contribution in [0.3, 0.4) is 0 Å². The molecule has 0 fully saturated rings. The largest absolute Gasteiger partial charge is 0.480 e. The number of primary amides is 1. The van der Waals surface area contributed by atoms with Crippen molar-refractivity contribution in [2.75, 3.05) is 13.2 Å². The average Bonchev–Trinajstić information content (AvgIpc) is 2.25. The van der Waals surface area contributed by atoms with Crippen LogP contribution in [-0.4, -0.2) is 19.1 Å². The van der Waals surface area contributed by atoms with Gasteiger partial charge >= 0.3 is 0 Å². The maximum Gasteiger partial charge on any atom is 0.252 e. The van der Waals surface area contributed by atoms with Gasteiger partial charge in [-0.25, -0.2) is 0 Å². The number of hydrogen-bond donors (Lipinski definition) is 2. The van der Waals surface area contributed by atoms with Crippen LogP contribution < -0.4 is 16.2 Å². The summed E-state index contributed by atoms with van der Waals surface area (Å²) >= 11 is 0. The Balaban J connectivity index is 0.00000225. The van der Waals surface area contributed by atoms with E-state index in [0.29, 0.717) is 17.9 Å². The maximum absolute atomic E-state index is 11.0. The number of nitrogens with two attached hydrogens (primary N) is 2. The van der Waals surface area contributed by atoms with E-state index in [-0.39, 0.29) is 19.0 Å². The monoisotopic (exact) mass is 240 g/mol. The third-order valence-electron chi connectivity index (χ3n) is 1.68. The van der Waals surface area contributed by atoms with Gasteiger partial charge < -0.3 is 16.2 Å². The summed E-state index contributed by atoms with van der Waals surface area (Å²) in [5.74, 6) is 5.28. The van der Waals surface area contributed by atoms with E-state index in [4.69, 9.17) is 16.2 Å². The van der Waals surface area contributed by atoms with Crippen molar-refractivity contribution >= 4 is 18.3 Å². The summed E-state index contributed by atoms with van der Waals surface area (Å²) in [6.45, 7) is 0.488. The van der Waals surface area contributed by atoms with E-state index in [1.54, 1.807) is 24.3 Å². The van der Waals surface area contributed by atoms with Crippen LogP contribution in [0.25, 0.3) is 0 Å². The van der Waals surface area contributed by atoms with Crippen LogP contribution in [-0.2, 0) is 0 Å². The molecular formula is C11H13ClN2O2. The van der Waals surface area contributed by atoms with E-state index in [1.807, 2.05) is 0 Å². The topological polar surface area (TPSA) is 78.3 Å². The Hall–Kier alpha value is -1.70. The highest BCUT2D eigenvalue weighted by Gasteiger charge is 2.06. The average molecular weight is 241 g/mol. The fourth-order valence-corrected chi connectivity index (χ4v) is 1.03. The zero-order chi connectivity index (χ0) is 11.1. The summed E-state index contributed by atoms with van der Waals surface area (Å²) in [6.07, 6.45) is 0. The number of carbonyl (C=O) groups is 1. The highest BCUT2D eigenvalue weighted by Crippen LogP contribution is 2.16. The van der Waals surface area contributed by atoms with Gasteiger partial charge in [0.1, 0.15) is 12.4 Å². The number of para-hydroxylation sites is 1. The predicted molar refractivity (Wildman–Crippen MR) is 64.5 cm³/mol. The molecule has 1 aromatic rings. The highest BCUT2D eigenvalue weighted by molar-refractivity contribution is 5.95. The Labute approximate surface area is 100 Å². The van der Waals surface area contributed by atoms with Crippen molar-refractivity contribution in [2.24, 2.45) is 11.5 Å². The van der Waals surface area contributed by atoms with Crippen molar-refractivity contribution in [1.29, 1.82) is 0 Å². The molecule has 1 aromatic carbocycles. The molecule has 1 amide bonds. The third kappa shape index (κ3) is 4.22. The van der Waals surface area contributed by atoms with Gasteiger partial charge in [-0.15, -0.1) is 12.4 Å². The Bertz CT molecular complexity index is 410. The van der Waals surface area contributed by atoms with Crippen molar-refractivity contribution in [1.82, 2.24) is 0 Å². The second-order valence-corrected chi connectivity index (χ2v) is 2.71. The van der Waals surface area contributed by atoms with Gasteiger partial charge in [-0.05, 0) is 12.1 Å². The van der Waals surface area contributed by atoms with E-state index in [9.17, 15) is 4.79 Å². The van der Waals surface area contributed by atoms with Crippen LogP contribution >= 0.6 is 12.4 Å². The molecular weight excluding hydrogens is 228 g/mol. The Morgan fingerprint density at radius 1 is 1.31 bits per heavy atom. The zero-order valence-corrected chi connectivity index (χ0v) is 9.42. The molecule has 0 saturated carbocycles. The number of halogens is 1. The van der Waals surface area contributed by atoms with Crippen LogP contribution in [0, 0.1) is 11.8 Å². The standard InChI is InChI=1S/C11H12N2O2.ClH/c12-7-3-4-8-15-10-6-2-1-5-9(10)11(13)14;/h1-2,5-6H,7-8,12H2,(H2,13,14);1H. The van der Waals surface area contributed by atoms with Crippen molar-refractivity contribution in [3.05, 3.63) is 29.8 Å². The van der Waals surface area contributed by atoms with E-state index in [0.717, 1.165) is 0 Å². The van der Waals surface area contributed by atoms with Gasteiger partial charge in [0, 0.05) is 0 Å².